The van der Waals surface area contributed by atoms with Crippen LogP contribution in [-0.4, -0.2) is 82.1 Å². The predicted octanol–water partition coefficient (Wildman–Crippen LogP) is 2.15. The summed E-state index contributed by atoms with van der Waals surface area (Å²) in [6, 6.07) is 6.50. The molecule has 10 heteroatoms. The Balaban J connectivity index is 0.000000323. The molecule has 10 nitrogen and oxygen atoms in total. The van der Waals surface area contributed by atoms with Crippen molar-refractivity contribution in [1.82, 2.24) is 15.5 Å². The quantitative estimate of drug-likeness (QED) is 0.118. The van der Waals surface area contributed by atoms with Crippen molar-refractivity contribution in [2.75, 3.05) is 71.2 Å². The lowest BCUT2D eigenvalue weighted by molar-refractivity contribution is -0.117. The number of ether oxygens (including phenoxy) is 2. The van der Waals surface area contributed by atoms with Gasteiger partial charge in [-0.1, -0.05) is 19.9 Å². The van der Waals surface area contributed by atoms with E-state index < -0.39 is 0 Å². The van der Waals surface area contributed by atoms with E-state index in [4.69, 9.17) is 21.1 Å². The van der Waals surface area contributed by atoms with Crippen molar-refractivity contribution in [2.45, 2.75) is 46.0 Å². The van der Waals surface area contributed by atoms with E-state index in [1.165, 1.54) is 43.6 Å². The van der Waals surface area contributed by atoms with Crippen LogP contribution in [0.3, 0.4) is 0 Å². The summed E-state index contributed by atoms with van der Waals surface area (Å²) in [6.07, 6.45) is 4.89. The number of carbonyl (C=O) groups is 1. The van der Waals surface area contributed by atoms with Crippen molar-refractivity contribution in [1.29, 1.82) is 0 Å². The number of nitrogens with zero attached hydrogens (tertiary/aromatic N) is 2. The van der Waals surface area contributed by atoms with Crippen molar-refractivity contribution in [3.63, 3.8) is 0 Å². The first kappa shape index (κ1) is 31.8. The number of anilines is 1. The molecule has 0 aliphatic carbocycles. The number of unbranched alkanes of at least 4 members (excludes halogenated alkanes) is 1. The second-order valence-electron chi connectivity index (χ2n) is 10.4. The summed E-state index contributed by atoms with van der Waals surface area (Å²) in [7, 11) is 1.65. The van der Waals surface area contributed by atoms with E-state index in [-0.39, 0.29) is 17.4 Å². The highest BCUT2D eigenvalue weighted by Crippen LogP contribution is 2.24. The Hall–Kier alpha value is -2.37. The van der Waals surface area contributed by atoms with Gasteiger partial charge in [0.05, 0.1) is 24.6 Å². The first-order chi connectivity index (χ1) is 18.3. The molecule has 1 aromatic carbocycles. The Labute approximate surface area is 228 Å². The summed E-state index contributed by atoms with van der Waals surface area (Å²) in [4.78, 5) is 14.9. The van der Waals surface area contributed by atoms with Gasteiger partial charge >= 0.3 is 0 Å². The SMILES string of the molecule is C1CNC[C@H](CN2CCOCC2)C1.COCCCC/C(=C(/N)C(=O)NCC(C)C)N(N)c1cccc(O)c1. The molecule has 1 atom stereocenters. The fraction of sp³-hybridized carbons (Fsp3) is 0.679. The molecule has 1 aromatic rings. The highest BCUT2D eigenvalue weighted by atomic mass is 16.5. The molecule has 0 radical (unpaired) electrons. The third-order valence-corrected chi connectivity index (χ3v) is 6.66. The van der Waals surface area contributed by atoms with Crippen molar-refractivity contribution in [3.05, 3.63) is 35.7 Å². The Morgan fingerprint density at radius 1 is 1.32 bits per heavy atom. The molecule has 0 saturated carbocycles. The van der Waals surface area contributed by atoms with Crippen LogP contribution < -0.4 is 27.2 Å². The number of hydrogen-bond acceptors (Lipinski definition) is 9. The van der Waals surface area contributed by atoms with Crippen molar-refractivity contribution >= 4 is 11.6 Å². The van der Waals surface area contributed by atoms with Crippen molar-refractivity contribution in [2.24, 2.45) is 23.4 Å². The number of benzene rings is 1. The molecule has 0 unspecified atom stereocenters. The molecule has 3 rings (SSSR count). The minimum atomic E-state index is -0.342. The molecule has 0 spiro atoms. The molecule has 2 saturated heterocycles. The average Bonchev–Trinajstić information content (AvgIpc) is 2.92. The number of amides is 1. The normalized spacial score (nSPS) is 18.8. The fourth-order valence-corrected chi connectivity index (χ4v) is 4.47. The van der Waals surface area contributed by atoms with E-state index >= 15 is 0 Å². The number of rotatable bonds is 12. The van der Waals surface area contributed by atoms with Gasteiger partial charge in [0, 0.05) is 46.0 Å². The number of phenolic OH excluding ortho intramolecular Hbond substituents is 1. The lowest BCUT2D eigenvalue weighted by Gasteiger charge is -2.32. The van der Waals surface area contributed by atoms with Gasteiger partial charge in [-0.15, -0.1) is 0 Å². The number of morpholine rings is 1. The molecular weight excluding hydrogens is 484 g/mol. The zero-order chi connectivity index (χ0) is 27.8. The van der Waals surface area contributed by atoms with Gasteiger partial charge in [-0.25, -0.2) is 5.84 Å². The summed E-state index contributed by atoms with van der Waals surface area (Å²) in [5.41, 5.74) is 7.25. The standard InChI is InChI=1S/C18H30N4O3.C10H20N2O/c1-13(2)12-21-18(24)17(19)16(9-4-5-10-25-3)22(20)14-7-6-8-15(23)11-14;1-2-10(8-11-3-1)9-12-4-6-13-7-5-12/h6-8,11,13,23H,4-5,9-10,12,19-20H2,1-3H3,(H,21,24);10-11H,1-9H2/b17-16-;/t;10-/m.1/s1. The largest absolute Gasteiger partial charge is 0.508 e. The van der Waals surface area contributed by atoms with Gasteiger partial charge in [0.15, 0.2) is 0 Å². The monoisotopic (exact) mass is 534 g/mol. The summed E-state index contributed by atoms with van der Waals surface area (Å²) in [6.45, 7) is 13.0. The lowest BCUT2D eigenvalue weighted by Crippen LogP contribution is -2.43. The molecule has 2 fully saturated rings. The number of hydrogen-bond donors (Lipinski definition) is 5. The second kappa shape index (κ2) is 18.0. The van der Waals surface area contributed by atoms with Gasteiger partial charge in [-0.3, -0.25) is 14.7 Å². The Kier molecular flexibility index (Phi) is 15.1. The highest BCUT2D eigenvalue weighted by Gasteiger charge is 2.19. The van der Waals surface area contributed by atoms with Crippen LogP contribution in [0.25, 0.3) is 0 Å². The second-order valence-corrected chi connectivity index (χ2v) is 10.4. The molecule has 2 aliphatic rings. The first-order valence-corrected chi connectivity index (χ1v) is 13.9. The van der Waals surface area contributed by atoms with E-state index in [2.05, 4.69) is 15.5 Å². The Bertz CT molecular complexity index is 822. The van der Waals surface area contributed by atoms with Crippen LogP contribution in [0.4, 0.5) is 5.69 Å². The van der Waals surface area contributed by atoms with Crippen LogP contribution in [-0.2, 0) is 14.3 Å². The average molecular weight is 535 g/mol. The van der Waals surface area contributed by atoms with E-state index in [1.807, 2.05) is 13.8 Å². The first-order valence-electron chi connectivity index (χ1n) is 13.9. The van der Waals surface area contributed by atoms with E-state index in [0.29, 0.717) is 36.9 Å². The maximum atomic E-state index is 12.3. The van der Waals surface area contributed by atoms with Gasteiger partial charge < -0.3 is 30.9 Å². The molecule has 7 N–H and O–H groups in total. The number of nitrogens with two attached hydrogens (primary N) is 2. The molecule has 2 aliphatic heterocycles. The van der Waals surface area contributed by atoms with Gasteiger partial charge in [-0.2, -0.15) is 0 Å². The Morgan fingerprint density at radius 3 is 2.71 bits per heavy atom. The summed E-state index contributed by atoms with van der Waals surface area (Å²) >= 11 is 0. The molecule has 216 valence electrons. The third-order valence-electron chi connectivity index (χ3n) is 6.66. The minimum Gasteiger partial charge on any atom is -0.508 e. The van der Waals surface area contributed by atoms with Crippen LogP contribution in [0.2, 0.25) is 0 Å². The number of methoxy groups -OCH3 is 1. The molecule has 0 bridgehead atoms. The van der Waals surface area contributed by atoms with Crippen molar-refractivity contribution < 1.29 is 19.4 Å². The molecule has 1 amide bonds. The predicted molar refractivity (Wildman–Crippen MR) is 152 cm³/mol. The number of hydrazine groups is 1. The Morgan fingerprint density at radius 2 is 2.08 bits per heavy atom. The van der Waals surface area contributed by atoms with E-state index in [9.17, 15) is 9.90 Å². The zero-order valence-electron chi connectivity index (χ0n) is 23.6. The number of aromatic hydroxyl groups is 1. The smallest absolute Gasteiger partial charge is 0.269 e. The molecule has 0 aromatic heterocycles. The number of piperidine rings is 1. The highest BCUT2D eigenvalue weighted by molar-refractivity contribution is 5.93. The summed E-state index contributed by atoms with van der Waals surface area (Å²) in [5.74, 6) is 7.14. The number of carbonyl (C=O) groups excluding carboxylic acids is 1. The fourth-order valence-electron chi connectivity index (χ4n) is 4.47. The zero-order valence-corrected chi connectivity index (χ0v) is 23.6. The number of phenols is 1. The number of nitrogens with one attached hydrogen (secondary N) is 2. The van der Waals surface area contributed by atoms with Gasteiger partial charge in [-0.05, 0) is 69.2 Å². The van der Waals surface area contributed by atoms with E-state index in [0.717, 1.165) is 45.1 Å². The third kappa shape index (κ3) is 12.0. The summed E-state index contributed by atoms with van der Waals surface area (Å²) < 4.78 is 10.4. The van der Waals surface area contributed by atoms with E-state index in [1.54, 1.807) is 25.3 Å². The van der Waals surface area contributed by atoms with Gasteiger partial charge in [0.2, 0.25) is 0 Å². The van der Waals surface area contributed by atoms with Crippen LogP contribution in [0.15, 0.2) is 35.7 Å². The maximum absolute atomic E-state index is 12.3. The van der Waals surface area contributed by atoms with Crippen LogP contribution in [0, 0.1) is 11.8 Å². The number of allylic oxidation sites excluding steroid dienone is 1. The topological polar surface area (TPSA) is 138 Å². The summed E-state index contributed by atoms with van der Waals surface area (Å²) in [5, 5.41) is 17.3. The lowest BCUT2D eigenvalue weighted by atomic mass is 9.99. The van der Waals surface area contributed by atoms with Gasteiger partial charge in [0.25, 0.3) is 5.91 Å². The molecule has 2 heterocycles. The van der Waals surface area contributed by atoms with Crippen LogP contribution in [0.5, 0.6) is 5.75 Å². The van der Waals surface area contributed by atoms with Crippen LogP contribution >= 0.6 is 0 Å². The molecule has 38 heavy (non-hydrogen) atoms. The minimum absolute atomic E-state index is 0.0870. The van der Waals surface area contributed by atoms with Gasteiger partial charge in [0.1, 0.15) is 11.4 Å². The molecular formula is C28H50N6O4. The van der Waals surface area contributed by atoms with Crippen LogP contribution in [0.1, 0.15) is 46.0 Å². The maximum Gasteiger partial charge on any atom is 0.269 e. The van der Waals surface area contributed by atoms with Crippen molar-refractivity contribution in [3.8, 4) is 5.75 Å².